The molecule has 76 heavy (non-hydrogen) atoms. The van der Waals surface area contributed by atoms with Crippen molar-refractivity contribution in [3.63, 3.8) is 0 Å². The van der Waals surface area contributed by atoms with Crippen molar-refractivity contribution < 1.29 is 114 Å². The third kappa shape index (κ3) is 8.33. The molecule has 23 heteroatoms. The number of rotatable bonds is 10. The summed E-state index contributed by atoms with van der Waals surface area (Å²) >= 11 is 0. The Hall–Kier alpha value is -1.63. The van der Waals surface area contributed by atoms with Gasteiger partial charge in [0.2, 0.25) is 0 Å². The van der Waals surface area contributed by atoms with Crippen LogP contribution in [-0.4, -0.2) is 232 Å². The molecule has 6 aliphatic heterocycles. The molecule has 1 spiro atoms. The van der Waals surface area contributed by atoms with E-state index >= 15 is 0 Å². The van der Waals surface area contributed by atoms with E-state index < -0.39 is 176 Å². The van der Waals surface area contributed by atoms with Gasteiger partial charge in [-0.3, -0.25) is 4.79 Å². The molecule has 5 aliphatic carbocycles. The molecule has 23 nitrogen and oxygen atoms in total. The van der Waals surface area contributed by atoms with Gasteiger partial charge in [0, 0.05) is 0 Å². The van der Waals surface area contributed by atoms with Crippen LogP contribution in [0.25, 0.3) is 0 Å². The lowest BCUT2D eigenvalue weighted by Crippen LogP contribution is -2.72. The van der Waals surface area contributed by atoms with Gasteiger partial charge in [-0.2, -0.15) is 0 Å². The molecule has 434 valence electrons. The molecule has 29 atom stereocenters. The van der Waals surface area contributed by atoms with Gasteiger partial charge < -0.3 is 109 Å². The monoisotopic (exact) mass is 1090 g/mol. The van der Waals surface area contributed by atoms with Gasteiger partial charge in [-0.1, -0.05) is 34.6 Å². The highest BCUT2D eigenvalue weighted by atomic mass is 16.8. The predicted octanol–water partition coefficient (Wildman–Crippen LogP) is -2.12. The number of carbonyl (C=O) groups is 1. The fourth-order valence-electron chi connectivity index (χ4n) is 16.8. The minimum atomic E-state index is -1.97. The summed E-state index contributed by atoms with van der Waals surface area (Å²) in [5, 5.41) is 144. The Morgan fingerprint density at radius 1 is 0.579 bits per heavy atom. The second-order valence-electron chi connectivity index (χ2n) is 25.9. The maximum atomic E-state index is 13.9. The molecule has 0 aromatic carbocycles. The van der Waals surface area contributed by atoms with Crippen LogP contribution in [0.1, 0.15) is 113 Å². The second-order valence-corrected chi connectivity index (χ2v) is 25.9. The highest BCUT2D eigenvalue weighted by Gasteiger charge is 2.75. The molecule has 0 aromatic rings. The third-order valence-corrected chi connectivity index (χ3v) is 21.7. The quantitative estimate of drug-likeness (QED) is 0.0632. The number of carbonyl (C=O) groups excluding carboxylic acids is 1. The molecular weight excluding hydrogens is 1000 g/mol. The summed E-state index contributed by atoms with van der Waals surface area (Å²) in [5.41, 5.74) is -4.01. The van der Waals surface area contributed by atoms with Crippen molar-refractivity contribution >= 4 is 5.97 Å². The number of hydrogen-bond donors (Lipinski definition) is 13. The van der Waals surface area contributed by atoms with Crippen LogP contribution < -0.4 is 0 Å². The maximum Gasteiger partial charge on any atom is 0.317 e. The number of aliphatic hydroxyl groups excluding tert-OH is 12. The standard InChI is InChI=1S/C53H84O23/c1-21-30(58)33(61)36(64)42(69-21)75-40-38(73-45-39(35(63)32(60)25(19-55)71-45)74-43-37(65)34(62)31(59)24(18-54)70-43)23(57)20-68-44(40)72-28-10-11-48(4)26(47(28,2)3)9-12-49(5)27(48)17-22(56)29-41-52(8,67)51(7)14-16-53(41,46(66)76-51)15-13-50(29,49)6/h21-28,30-40,42-45,54-65,67H,9-20H2,1-8H3. The minimum absolute atomic E-state index is 0.000302. The van der Waals surface area contributed by atoms with Crippen LogP contribution in [-0.2, 0) is 47.4 Å². The van der Waals surface area contributed by atoms with E-state index in [0.717, 1.165) is 18.4 Å². The lowest BCUT2D eigenvalue weighted by molar-refractivity contribution is -0.401. The minimum Gasteiger partial charge on any atom is -0.455 e. The largest absolute Gasteiger partial charge is 0.455 e. The molecule has 11 aliphatic rings. The number of esters is 1. The molecule has 10 fully saturated rings. The van der Waals surface area contributed by atoms with Crippen molar-refractivity contribution in [2.45, 2.75) is 253 Å². The Bertz CT molecular complexity index is 2200. The topological polar surface area (TPSA) is 363 Å². The number of ether oxygens (including phenoxy) is 9. The first-order chi connectivity index (χ1) is 35.5. The van der Waals surface area contributed by atoms with E-state index in [1.54, 1.807) is 13.8 Å². The van der Waals surface area contributed by atoms with Gasteiger partial charge in [0.15, 0.2) is 25.2 Å². The van der Waals surface area contributed by atoms with Crippen LogP contribution in [0.15, 0.2) is 11.1 Å². The highest BCUT2D eigenvalue weighted by molar-refractivity contribution is 5.86. The zero-order valence-electron chi connectivity index (χ0n) is 44.7. The molecule has 0 amide bonds. The van der Waals surface area contributed by atoms with Crippen molar-refractivity contribution in [1.82, 2.24) is 0 Å². The highest BCUT2D eigenvalue weighted by Crippen LogP contribution is 2.77. The van der Waals surface area contributed by atoms with Crippen molar-refractivity contribution in [1.29, 1.82) is 0 Å². The maximum absolute atomic E-state index is 13.9. The van der Waals surface area contributed by atoms with Gasteiger partial charge in [-0.25, -0.2) is 0 Å². The van der Waals surface area contributed by atoms with Crippen LogP contribution in [0.4, 0.5) is 0 Å². The number of fused-ring (bicyclic) bond motifs is 7. The van der Waals surface area contributed by atoms with E-state index in [0.29, 0.717) is 50.5 Å². The van der Waals surface area contributed by atoms with Gasteiger partial charge in [-0.15, -0.1) is 0 Å². The van der Waals surface area contributed by atoms with Crippen molar-refractivity contribution in [3.8, 4) is 0 Å². The Labute approximate surface area is 441 Å². The van der Waals surface area contributed by atoms with E-state index in [2.05, 4.69) is 34.6 Å². The summed E-state index contributed by atoms with van der Waals surface area (Å²) in [7, 11) is 0. The van der Waals surface area contributed by atoms with E-state index in [9.17, 15) is 71.2 Å². The third-order valence-electron chi connectivity index (χ3n) is 21.7. The van der Waals surface area contributed by atoms with E-state index in [1.807, 2.05) is 0 Å². The molecule has 0 radical (unpaired) electrons. The summed E-state index contributed by atoms with van der Waals surface area (Å²) in [6.45, 7) is 14.0. The molecule has 6 heterocycles. The molecule has 6 saturated heterocycles. The number of hydrogen-bond acceptors (Lipinski definition) is 23. The van der Waals surface area contributed by atoms with Crippen molar-refractivity contribution in [2.24, 2.45) is 38.9 Å². The van der Waals surface area contributed by atoms with Crippen LogP contribution in [0.3, 0.4) is 0 Å². The van der Waals surface area contributed by atoms with E-state index in [-0.39, 0.29) is 28.6 Å². The molecular formula is C53H84O23. The molecule has 13 N–H and O–H groups in total. The van der Waals surface area contributed by atoms with Gasteiger partial charge >= 0.3 is 5.97 Å². The Morgan fingerprint density at radius 3 is 1.80 bits per heavy atom. The Morgan fingerprint density at radius 2 is 1.16 bits per heavy atom. The lowest BCUT2D eigenvalue weighted by Gasteiger charge is -2.73. The Balaban J connectivity index is 0.945. The molecule has 0 aromatic heterocycles. The first-order valence-electron chi connectivity index (χ1n) is 27.4. The van der Waals surface area contributed by atoms with Gasteiger partial charge in [0.25, 0.3) is 0 Å². The van der Waals surface area contributed by atoms with Gasteiger partial charge in [-0.05, 0) is 123 Å². The Kier molecular flexibility index (Phi) is 15.0. The number of aliphatic hydroxyl groups is 13. The molecule has 2 bridgehead atoms. The normalized spacial score (nSPS) is 57.0. The average Bonchev–Trinajstić information content (AvgIpc) is 3.51. The average molecular weight is 1090 g/mol. The zero-order valence-corrected chi connectivity index (χ0v) is 44.7. The second kappa shape index (κ2) is 19.8. The lowest BCUT2D eigenvalue weighted by atomic mass is 9.33. The van der Waals surface area contributed by atoms with Gasteiger partial charge in [0.1, 0.15) is 96.7 Å². The van der Waals surface area contributed by atoms with Crippen LogP contribution in [0.2, 0.25) is 0 Å². The van der Waals surface area contributed by atoms with E-state index in [4.69, 9.17) is 42.6 Å². The molecule has 29 unspecified atom stereocenters. The van der Waals surface area contributed by atoms with Crippen molar-refractivity contribution in [2.75, 3.05) is 19.8 Å². The molecule has 4 saturated carbocycles. The van der Waals surface area contributed by atoms with Gasteiger partial charge in [0.05, 0.1) is 43.5 Å². The zero-order chi connectivity index (χ0) is 55.4. The van der Waals surface area contributed by atoms with E-state index in [1.165, 1.54) is 6.92 Å². The SMILES string of the molecule is CC1OC(OC2C(OC3CCC4(C)C(CCC5(C)C4CC(O)C4=C6C7(CCC(C)(OC7=O)C6(C)O)CCC45C)C3(C)C)OCC(O)C2OC2OC(CO)C(O)C(O)C2OC2OC(CO)C(O)C(O)C2O)C(O)C(O)C1O. The first kappa shape index (κ1) is 57.6. The first-order valence-corrected chi connectivity index (χ1v) is 27.4. The molecule has 11 rings (SSSR count). The summed E-state index contributed by atoms with van der Waals surface area (Å²) in [6, 6.07) is 0. The summed E-state index contributed by atoms with van der Waals surface area (Å²) < 4.78 is 55.5. The van der Waals surface area contributed by atoms with Crippen LogP contribution >= 0.6 is 0 Å². The predicted molar refractivity (Wildman–Crippen MR) is 256 cm³/mol. The van der Waals surface area contributed by atoms with Crippen molar-refractivity contribution in [3.05, 3.63) is 11.1 Å². The van der Waals surface area contributed by atoms with Crippen LogP contribution in [0.5, 0.6) is 0 Å². The fourth-order valence-corrected chi connectivity index (χ4v) is 16.8. The van der Waals surface area contributed by atoms with Crippen LogP contribution in [0, 0.1) is 38.9 Å². The summed E-state index contributed by atoms with van der Waals surface area (Å²) in [6.07, 6.45) is -28.3. The summed E-state index contributed by atoms with van der Waals surface area (Å²) in [5.74, 6) is -0.316. The smallest absolute Gasteiger partial charge is 0.317 e. The fraction of sp³-hybridized carbons (Fsp3) is 0.943. The summed E-state index contributed by atoms with van der Waals surface area (Å²) in [4.78, 5) is 13.9.